The number of aryl methyl sites for hydroxylation is 2. The van der Waals surface area contributed by atoms with Gasteiger partial charge in [0.2, 0.25) is 10.0 Å². The molecule has 6 nitrogen and oxygen atoms in total. The van der Waals surface area contributed by atoms with Crippen molar-refractivity contribution in [3.63, 3.8) is 0 Å². The van der Waals surface area contributed by atoms with Crippen LogP contribution in [0.1, 0.15) is 43.7 Å². The number of benzene rings is 1. The molecule has 7 heteroatoms. The first-order valence-electron chi connectivity index (χ1n) is 10.5. The predicted molar refractivity (Wildman–Crippen MR) is 110 cm³/mol. The van der Waals surface area contributed by atoms with Crippen molar-refractivity contribution in [2.75, 3.05) is 32.7 Å². The van der Waals surface area contributed by atoms with Crippen LogP contribution in [0.2, 0.25) is 0 Å². The first-order valence-corrected chi connectivity index (χ1v) is 11.9. The molecule has 1 saturated heterocycles. The summed E-state index contributed by atoms with van der Waals surface area (Å²) in [5, 5.41) is 3.18. The first kappa shape index (κ1) is 21.3. The third-order valence-corrected chi connectivity index (χ3v) is 8.22. The lowest BCUT2D eigenvalue weighted by Gasteiger charge is -2.32. The molecule has 0 spiro atoms. The molecular formula is C21H34N3O3S+. The molecule has 1 aromatic carbocycles. The van der Waals surface area contributed by atoms with Gasteiger partial charge in [0.25, 0.3) is 5.91 Å². The smallest absolute Gasteiger partial charge is 0.275 e. The quantitative estimate of drug-likeness (QED) is 0.760. The first-order chi connectivity index (χ1) is 13.3. The molecule has 0 radical (unpaired) electrons. The van der Waals surface area contributed by atoms with Crippen molar-refractivity contribution in [1.29, 1.82) is 0 Å². The molecule has 1 saturated carbocycles. The van der Waals surface area contributed by atoms with E-state index in [1.165, 1.54) is 12.8 Å². The van der Waals surface area contributed by atoms with Crippen LogP contribution in [-0.2, 0) is 14.8 Å². The standard InChI is InChI=1S/C21H33N3O3S/c1-16-5-8-19(9-6-16)22-21(25)15-23-10-12-24(13-11-23)28(26,27)20-14-17(2)4-7-18(20)3/h4,7,14,16,19H,5-6,8-13,15H2,1-3H3,(H,22,25)/p+1. The molecule has 0 bridgehead atoms. The molecule has 1 aromatic rings. The van der Waals surface area contributed by atoms with E-state index in [2.05, 4.69) is 12.2 Å². The maximum Gasteiger partial charge on any atom is 0.275 e. The van der Waals surface area contributed by atoms with Crippen molar-refractivity contribution in [2.45, 2.75) is 57.4 Å². The summed E-state index contributed by atoms with van der Waals surface area (Å²) in [7, 11) is -3.48. The number of carbonyl (C=O) groups is 1. The molecule has 156 valence electrons. The number of piperazine rings is 1. The summed E-state index contributed by atoms with van der Waals surface area (Å²) in [5.41, 5.74) is 1.73. The second kappa shape index (κ2) is 8.93. The van der Waals surface area contributed by atoms with E-state index in [9.17, 15) is 13.2 Å². The van der Waals surface area contributed by atoms with E-state index in [1.54, 1.807) is 10.4 Å². The van der Waals surface area contributed by atoms with Crippen LogP contribution in [0.15, 0.2) is 23.1 Å². The molecule has 1 aliphatic carbocycles. The monoisotopic (exact) mass is 408 g/mol. The highest BCUT2D eigenvalue weighted by atomic mass is 32.2. The Labute approximate surface area is 169 Å². The number of carbonyl (C=O) groups excluding carboxylic acids is 1. The van der Waals surface area contributed by atoms with Crippen LogP contribution in [0.4, 0.5) is 0 Å². The molecule has 0 unspecified atom stereocenters. The van der Waals surface area contributed by atoms with Crippen LogP contribution in [0.25, 0.3) is 0 Å². The SMILES string of the molecule is Cc1ccc(C)c(S(=O)(=O)N2CC[NH+](CC(=O)NC3CCC(C)CC3)CC2)c1. The number of rotatable bonds is 5. The molecular weight excluding hydrogens is 374 g/mol. The molecule has 2 aliphatic rings. The minimum atomic E-state index is -3.48. The second-order valence-corrected chi connectivity index (χ2v) is 10.5. The third kappa shape index (κ3) is 5.13. The van der Waals surface area contributed by atoms with E-state index in [0.29, 0.717) is 43.7 Å². The summed E-state index contributed by atoms with van der Waals surface area (Å²) in [6.07, 6.45) is 4.52. The summed E-state index contributed by atoms with van der Waals surface area (Å²) in [4.78, 5) is 13.9. The predicted octanol–water partition coefficient (Wildman–Crippen LogP) is 0.888. The van der Waals surface area contributed by atoms with Gasteiger partial charge in [0.15, 0.2) is 6.54 Å². The van der Waals surface area contributed by atoms with Crippen molar-refractivity contribution in [1.82, 2.24) is 9.62 Å². The minimum Gasteiger partial charge on any atom is -0.348 e. The Kier molecular flexibility index (Phi) is 6.78. The Hall–Kier alpha value is -1.44. The van der Waals surface area contributed by atoms with Crippen LogP contribution in [0.5, 0.6) is 0 Å². The van der Waals surface area contributed by atoms with Gasteiger partial charge in [-0.05, 0) is 62.6 Å². The fraction of sp³-hybridized carbons (Fsp3) is 0.667. The van der Waals surface area contributed by atoms with Gasteiger partial charge in [-0.25, -0.2) is 8.42 Å². The van der Waals surface area contributed by atoms with E-state index in [-0.39, 0.29) is 5.91 Å². The lowest BCUT2D eigenvalue weighted by molar-refractivity contribution is -0.895. The van der Waals surface area contributed by atoms with Crippen LogP contribution >= 0.6 is 0 Å². The van der Waals surface area contributed by atoms with E-state index in [4.69, 9.17) is 0 Å². The zero-order chi connectivity index (χ0) is 20.3. The summed E-state index contributed by atoms with van der Waals surface area (Å²) in [6, 6.07) is 5.86. The number of amides is 1. The number of hydrogen-bond acceptors (Lipinski definition) is 3. The topological polar surface area (TPSA) is 70.9 Å². The van der Waals surface area contributed by atoms with Crippen LogP contribution in [0, 0.1) is 19.8 Å². The van der Waals surface area contributed by atoms with Gasteiger partial charge in [0, 0.05) is 6.04 Å². The molecule has 0 aromatic heterocycles. The second-order valence-electron chi connectivity index (χ2n) is 8.62. The highest BCUT2D eigenvalue weighted by Crippen LogP contribution is 2.23. The average Bonchev–Trinajstić information content (AvgIpc) is 2.66. The number of sulfonamides is 1. The van der Waals surface area contributed by atoms with Crippen molar-refractivity contribution >= 4 is 15.9 Å². The van der Waals surface area contributed by atoms with Crippen molar-refractivity contribution < 1.29 is 18.1 Å². The van der Waals surface area contributed by atoms with Crippen LogP contribution < -0.4 is 10.2 Å². The van der Waals surface area contributed by atoms with Crippen LogP contribution in [-0.4, -0.2) is 57.4 Å². The third-order valence-electron chi connectivity index (χ3n) is 6.18. The Balaban J connectivity index is 1.51. The van der Waals surface area contributed by atoms with E-state index in [1.807, 2.05) is 26.0 Å². The van der Waals surface area contributed by atoms with Gasteiger partial charge in [-0.3, -0.25) is 4.79 Å². The van der Waals surface area contributed by atoms with Gasteiger partial charge in [-0.15, -0.1) is 0 Å². The Morgan fingerprint density at radius 3 is 2.43 bits per heavy atom. The van der Waals surface area contributed by atoms with E-state index in [0.717, 1.165) is 34.8 Å². The maximum atomic E-state index is 13.0. The van der Waals surface area contributed by atoms with Gasteiger partial charge in [-0.2, -0.15) is 4.31 Å². The lowest BCUT2D eigenvalue weighted by Crippen LogP contribution is -3.15. The van der Waals surface area contributed by atoms with Gasteiger partial charge < -0.3 is 10.2 Å². The Morgan fingerprint density at radius 1 is 1.14 bits per heavy atom. The highest BCUT2D eigenvalue weighted by molar-refractivity contribution is 7.89. The van der Waals surface area contributed by atoms with Gasteiger partial charge in [0.05, 0.1) is 31.1 Å². The highest BCUT2D eigenvalue weighted by Gasteiger charge is 2.32. The molecule has 2 N–H and O–H groups in total. The summed E-state index contributed by atoms with van der Waals surface area (Å²) in [6.45, 7) is 8.70. The Morgan fingerprint density at radius 2 is 1.79 bits per heavy atom. The van der Waals surface area contributed by atoms with Crippen molar-refractivity contribution in [3.05, 3.63) is 29.3 Å². The average molecular weight is 409 g/mol. The molecule has 1 aliphatic heterocycles. The summed E-state index contributed by atoms with van der Waals surface area (Å²) < 4.78 is 27.6. The molecule has 3 rings (SSSR count). The zero-order valence-electron chi connectivity index (χ0n) is 17.3. The van der Waals surface area contributed by atoms with E-state index < -0.39 is 10.0 Å². The number of quaternary nitrogens is 1. The normalized spacial score (nSPS) is 24.8. The van der Waals surface area contributed by atoms with Gasteiger partial charge in [-0.1, -0.05) is 19.1 Å². The molecule has 1 amide bonds. The molecule has 2 fully saturated rings. The zero-order valence-corrected chi connectivity index (χ0v) is 18.1. The number of nitrogens with one attached hydrogen (secondary N) is 2. The molecule has 28 heavy (non-hydrogen) atoms. The minimum absolute atomic E-state index is 0.0976. The van der Waals surface area contributed by atoms with Gasteiger partial charge >= 0.3 is 0 Å². The van der Waals surface area contributed by atoms with E-state index >= 15 is 0 Å². The molecule has 0 atom stereocenters. The Bertz CT molecular complexity index is 793. The van der Waals surface area contributed by atoms with Crippen molar-refractivity contribution in [2.24, 2.45) is 5.92 Å². The van der Waals surface area contributed by atoms with Crippen molar-refractivity contribution in [3.8, 4) is 0 Å². The van der Waals surface area contributed by atoms with Gasteiger partial charge in [0.1, 0.15) is 0 Å². The number of hydrogen-bond donors (Lipinski definition) is 2. The fourth-order valence-corrected chi connectivity index (χ4v) is 6.01. The summed E-state index contributed by atoms with van der Waals surface area (Å²) in [5.74, 6) is 0.867. The fourth-order valence-electron chi connectivity index (χ4n) is 4.25. The largest absolute Gasteiger partial charge is 0.348 e. The molecule has 1 heterocycles. The van der Waals surface area contributed by atoms with Crippen LogP contribution in [0.3, 0.4) is 0 Å². The maximum absolute atomic E-state index is 13.0. The summed E-state index contributed by atoms with van der Waals surface area (Å²) >= 11 is 0. The lowest BCUT2D eigenvalue weighted by atomic mass is 9.87. The number of nitrogens with zero attached hydrogens (tertiary/aromatic N) is 1.